The van der Waals surface area contributed by atoms with Gasteiger partial charge in [-0.15, -0.1) is 0 Å². The van der Waals surface area contributed by atoms with Crippen molar-refractivity contribution in [2.24, 2.45) is 11.3 Å². The van der Waals surface area contributed by atoms with Gasteiger partial charge in [0.1, 0.15) is 6.04 Å². The van der Waals surface area contributed by atoms with Crippen molar-refractivity contribution in [2.45, 2.75) is 90.6 Å². The summed E-state index contributed by atoms with van der Waals surface area (Å²) in [7, 11) is 0. The topological polar surface area (TPSA) is 86.7 Å². The summed E-state index contributed by atoms with van der Waals surface area (Å²) in [6.07, 6.45) is 9.11. The fourth-order valence-corrected chi connectivity index (χ4v) is 5.53. The van der Waals surface area contributed by atoms with Crippen LogP contribution in [0.2, 0.25) is 0 Å². The highest BCUT2D eigenvalue weighted by Gasteiger charge is 2.31. The highest BCUT2D eigenvalue weighted by Crippen LogP contribution is 2.29. The molecule has 1 aliphatic heterocycles. The quantitative estimate of drug-likeness (QED) is 0.587. The Hall–Kier alpha value is -1.24. The second-order valence-corrected chi connectivity index (χ2v) is 10.9. The van der Waals surface area contributed by atoms with Gasteiger partial charge in [0.2, 0.25) is 11.8 Å². The number of nitrogens with one attached hydrogen (secondary N) is 1. The van der Waals surface area contributed by atoms with E-state index in [9.17, 15) is 19.5 Å². The number of likely N-dealkylation sites (tertiary alicyclic amines) is 1. The van der Waals surface area contributed by atoms with Crippen molar-refractivity contribution in [2.75, 3.05) is 18.1 Å². The van der Waals surface area contributed by atoms with Crippen LogP contribution in [0.3, 0.4) is 0 Å². The predicted molar refractivity (Wildman–Crippen MR) is 117 cm³/mol. The van der Waals surface area contributed by atoms with Crippen molar-refractivity contribution >= 4 is 29.5 Å². The maximum atomic E-state index is 12.8. The molecule has 2 amide bonds. The Morgan fingerprint density at radius 2 is 1.79 bits per heavy atom. The molecular formula is C22H38N2O4S. The molecule has 0 unspecified atom stereocenters. The van der Waals surface area contributed by atoms with Gasteiger partial charge in [0.05, 0.1) is 0 Å². The summed E-state index contributed by atoms with van der Waals surface area (Å²) in [5, 5.41) is 12.1. The van der Waals surface area contributed by atoms with E-state index in [0.717, 1.165) is 25.1 Å². The van der Waals surface area contributed by atoms with Crippen LogP contribution in [-0.4, -0.2) is 57.9 Å². The molecule has 2 N–H and O–H groups in total. The first-order valence-electron chi connectivity index (χ1n) is 11.0. The number of hydrogen-bond acceptors (Lipinski definition) is 4. The maximum absolute atomic E-state index is 12.8. The Kier molecular flexibility index (Phi) is 9.31. The van der Waals surface area contributed by atoms with E-state index in [0.29, 0.717) is 24.5 Å². The van der Waals surface area contributed by atoms with Gasteiger partial charge in [0.25, 0.3) is 0 Å². The highest BCUT2D eigenvalue weighted by atomic mass is 32.2. The Morgan fingerprint density at radius 3 is 2.41 bits per heavy atom. The van der Waals surface area contributed by atoms with Crippen LogP contribution in [0.25, 0.3) is 0 Å². The van der Waals surface area contributed by atoms with Gasteiger partial charge in [0, 0.05) is 36.9 Å². The summed E-state index contributed by atoms with van der Waals surface area (Å²) in [5.74, 6) is 0.640. The zero-order chi connectivity index (χ0) is 21.4. The summed E-state index contributed by atoms with van der Waals surface area (Å²) >= 11 is 1.52. The predicted octanol–water partition coefficient (Wildman–Crippen LogP) is 3.69. The molecule has 0 radical (unpaired) electrons. The van der Waals surface area contributed by atoms with E-state index in [1.54, 1.807) is 0 Å². The fraction of sp³-hybridized carbons (Fsp3) is 0.864. The lowest BCUT2D eigenvalue weighted by Crippen LogP contribution is -2.44. The van der Waals surface area contributed by atoms with Gasteiger partial charge >= 0.3 is 5.97 Å². The monoisotopic (exact) mass is 426 g/mol. The second kappa shape index (κ2) is 11.2. The number of rotatable bonds is 9. The molecule has 1 saturated carbocycles. The Morgan fingerprint density at radius 1 is 1.10 bits per heavy atom. The van der Waals surface area contributed by atoms with Crippen LogP contribution in [0.4, 0.5) is 0 Å². The molecule has 166 valence electrons. The molecule has 2 fully saturated rings. The van der Waals surface area contributed by atoms with E-state index >= 15 is 0 Å². The number of nitrogens with zero attached hydrogens (tertiary/aromatic N) is 1. The normalized spacial score (nSPS) is 21.8. The standard InChI is InChI=1S/C22H38N2O4S/c1-22(2,3)13-19(25)23-18(21(27)28)15-29-14-17-10-7-11-24(17)20(26)12-16-8-5-4-6-9-16/h16-18H,4-15H2,1-3H3,(H,23,25)(H,27,28)/t17-,18+/m1/s1. The fourth-order valence-electron chi connectivity index (χ4n) is 4.32. The molecule has 7 heteroatoms. The van der Waals surface area contributed by atoms with E-state index in [1.165, 1.54) is 43.9 Å². The van der Waals surface area contributed by atoms with Gasteiger partial charge in [-0.05, 0) is 37.0 Å². The van der Waals surface area contributed by atoms with Gasteiger partial charge in [-0.2, -0.15) is 11.8 Å². The zero-order valence-corrected chi connectivity index (χ0v) is 19.1. The molecule has 2 aliphatic rings. The maximum Gasteiger partial charge on any atom is 0.327 e. The number of aliphatic carboxylic acids is 1. The van der Waals surface area contributed by atoms with Crippen LogP contribution < -0.4 is 5.32 Å². The summed E-state index contributed by atoms with van der Waals surface area (Å²) in [4.78, 5) is 38.4. The SMILES string of the molecule is CC(C)(C)CC(=O)N[C@@H](CSC[C@H]1CCCN1C(=O)CC1CCCCC1)C(=O)O. The summed E-state index contributed by atoms with van der Waals surface area (Å²) in [6.45, 7) is 6.68. The number of carbonyl (C=O) groups excluding carboxylic acids is 2. The molecule has 0 aromatic heterocycles. The minimum atomic E-state index is -1.00. The van der Waals surface area contributed by atoms with Crippen LogP contribution in [0.15, 0.2) is 0 Å². The van der Waals surface area contributed by atoms with Crippen molar-refractivity contribution in [1.82, 2.24) is 10.2 Å². The third-order valence-corrected chi connectivity index (χ3v) is 6.99. The van der Waals surface area contributed by atoms with Crippen molar-refractivity contribution in [3.8, 4) is 0 Å². The molecule has 1 aliphatic carbocycles. The largest absolute Gasteiger partial charge is 0.480 e. The summed E-state index contributed by atoms with van der Waals surface area (Å²) in [6, 6.07) is -0.696. The van der Waals surface area contributed by atoms with Crippen LogP contribution in [0.5, 0.6) is 0 Å². The molecule has 2 rings (SSSR count). The summed E-state index contributed by atoms with van der Waals surface area (Å²) in [5.41, 5.74) is -0.177. The minimum Gasteiger partial charge on any atom is -0.480 e. The van der Waals surface area contributed by atoms with Gasteiger partial charge in [0.15, 0.2) is 0 Å². The molecule has 0 aromatic carbocycles. The van der Waals surface area contributed by atoms with Gasteiger partial charge in [-0.25, -0.2) is 4.79 Å². The van der Waals surface area contributed by atoms with E-state index in [1.807, 2.05) is 25.7 Å². The van der Waals surface area contributed by atoms with Crippen molar-refractivity contribution in [1.29, 1.82) is 0 Å². The van der Waals surface area contributed by atoms with Crippen LogP contribution in [0, 0.1) is 11.3 Å². The third kappa shape index (κ3) is 8.57. The van der Waals surface area contributed by atoms with Crippen molar-refractivity contribution < 1.29 is 19.5 Å². The average molecular weight is 427 g/mol. The molecular weight excluding hydrogens is 388 g/mol. The van der Waals surface area contributed by atoms with Crippen LogP contribution in [0.1, 0.15) is 78.6 Å². The van der Waals surface area contributed by atoms with Crippen LogP contribution in [-0.2, 0) is 14.4 Å². The molecule has 0 aromatic rings. The molecule has 0 spiro atoms. The van der Waals surface area contributed by atoms with Crippen LogP contribution >= 0.6 is 11.8 Å². The van der Waals surface area contributed by atoms with E-state index in [2.05, 4.69) is 5.32 Å². The van der Waals surface area contributed by atoms with E-state index < -0.39 is 12.0 Å². The second-order valence-electron chi connectivity index (χ2n) is 9.82. The number of thioether (sulfide) groups is 1. The molecule has 1 heterocycles. The lowest BCUT2D eigenvalue weighted by molar-refractivity contribution is -0.141. The number of carboxylic acid groups (broad SMARTS) is 1. The zero-order valence-electron chi connectivity index (χ0n) is 18.2. The summed E-state index contributed by atoms with van der Waals surface area (Å²) < 4.78 is 0. The number of hydrogen-bond donors (Lipinski definition) is 2. The van der Waals surface area contributed by atoms with E-state index in [-0.39, 0.29) is 23.3 Å². The molecule has 6 nitrogen and oxygen atoms in total. The number of amides is 2. The molecule has 1 saturated heterocycles. The Balaban J connectivity index is 1.78. The lowest BCUT2D eigenvalue weighted by atomic mass is 9.86. The van der Waals surface area contributed by atoms with Gasteiger partial charge < -0.3 is 15.3 Å². The first kappa shape index (κ1) is 24.0. The smallest absolute Gasteiger partial charge is 0.327 e. The highest BCUT2D eigenvalue weighted by molar-refractivity contribution is 7.99. The molecule has 0 bridgehead atoms. The van der Waals surface area contributed by atoms with Crippen molar-refractivity contribution in [3.63, 3.8) is 0 Å². The lowest BCUT2D eigenvalue weighted by Gasteiger charge is -2.28. The first-order valence-corrected chi connectivity index (χ1v) is 12.2. The van der Waals surface area contributed by atoms with Gasteiger partial charge in [-0.3, -0.25) is 9.59 Å². The average Bonchev–Trinajstić information content (AvgIpc) is 3.08. The minimum absolute atomic E-state index is 0.177. The number of carbonyl (C=O) groups is 3. The van der Waals surface area contributed by atoms with Gasteiger partial charge in [-0.1, -0.05) is 40.0 Å². The third-order valence-electron chi connectivity index (χ3n) is 5.80. The van der Waals surface area contributed by atoms with E-state index in [4.69, 9.17) is 0 Å². The molecule has 2 atom stereocenters. The number of carboxylic acids is 1. The van der Waals surface area contributed by atoms with Crippen molar-refractivity contribution in [3.05, 3.63) is 0 Å². The Labute approximate surface area is 179 Å². The first-order chi connectivity index (χ1) is 13.7. The Bertz CT molecular complexity index is 570. The molecule has 29 heavy (non-hydrogen) atoms.